The molecule has 1 aromatic rings. The van der Waals surface area contributed by atoms with Crippen molar-refractivity contribution in [3.05, 3.63) is 24.3 Å². The molecule has 2 unspecified atom stereocenters. The van der Waals surface area contributed by atoms with E-state index < -0.39 is 21.5 Å². The van der Waals surface area contributed by atoms with E-state index in [0.717, 1.165) is 12.8 Å². The van der Waals surface area contributed by atoms with Crippen molar-refractivity contribution < 1.29 is 18.3 Å². The number of benzene rings is 1. The third-order valence-electron chi connectivity index (χ3n) is 3.97. The number of sulfonamides is 1. The van der Waals surface area contributed by atoms with Crippen LogP contribution in [0.1, 0.15) is 32.6 Å². The quantitative estimate of drug-likeness (QED) is 0.785. The molecule has 0 bridgehead atoms. The van der Waals surface area contributed by atoms with Crippen molar-refractivity contribution in [2.24, 2.45) is 11.1 Å². The second-order valence-electron chi connectivity index (χ2n) is 5.78. The lowest BCUT2D eigenvalue weighted by atomic mass is 9.76. The lowest BCUT2D eigenvalue weighted by molar-refractivity contribution is -0.144. The van der Waals surface area contributed by atoms with Gasteiger partial charge in [-0.2, -0.15) is 0 Å². The average molecular weight is 312 g/mol. The van der Waals surface area contributed by atoms with Crippen LogP contribution < -0.4 is 10.5 Å². The Morgan fingerprint density at radius 1 is 1.38 bits per heavy atom. The highest BCUT2D eigenvalue weighted by Crippen LogP contribution is 2.35. The monoisotopic (exact) mass is 312 g/mol. The van der Waals surface area contributed by atoms with Crippen molar-refractivity contribution in [1.29, 1.82) is 0 Å². The predicted molar refractivity (Wildman–Crippen MR) is 79.4 cm³/mol. The molecule has 4 N–H and O–H groups in total. The van der Waals surface area contributed by atoms with Crippen LogP contribution in [0.2, 0.25) is 0 Å². The highest BCUT2D eigenvalue weighted by molar-refractivity contribution is 7.89. The van der Waals surface area contributed by atoms with E-state index in [1.807, 2.05) is 6.92 Å². The largest absolute Gasteiger partial charge is 0.480 e. The standard InChI is InChI=1S/C14H20N2O4S/c1-10-3-2-8-14(9-10,13(17)18)16-11-4-6-12(7-5-11)21(15,19)20/h4-7,10,16H,2-3,8-9H2,1H3,(H,17,18)(H2,15,19,20). The molecule has 0 radical (unpaired) electrons. The minimum absolute atomic E-state index is 0.00874. The van der Waals surface area contributed by atoms with Gasteiger partial charge in [0.25, 0.3) is 0 Å². The fraction of sp³-hybridized carbons (Fsp3) is 0.500. The zero-order chi connectivity index (χ0) is 15.7. The van der Waals surface area contributed by atoms with Crippen molar-refractivity contribution in [3.8, 4) is 0 Å². The molecule has 1 aliphatic carbocycles. The maximum Gasteiger partial charge on any atom is 0.329 e. The van der Waals surface area contributed by atoms with Gasteiger partial charge in [-0.15, -0.1) is 0 Å². The number of hydrogen-bond donors (Lipinski definition) is 3. The molecule has 1 aliphatic rings. The Balaban J connectivity index is 2.24. The van der Waals surface area contributed by atoms with Gasteiger partial charge in [0.15, 0.2) is 0 Å². The number of anilines is 1. The number of nitrogens with two attached hydrogens (primary N) is 1. The van der Waals surface area contributed by atoms with E-state index in [1.165, 1.54) is 12.1 Å². The minimum atomic E-state index is -3.74. The van der Waals surface area contributed by atoms with Gasteiger partial charge in [0.1, 0.15) is 5.54 Å². The number of rotatable bonds is 4. The van der Waals surface area contributed by atoms with Gasteiger partial charge in [-0.3, -0.25) is 0 Å². The number of nitrogens with one attached hydrogen (secondary N) is 1. The highest BCUT2D eigenvalue weighted by atomic mass is 32.2. The first-order valence-electron chi connectivity index (χ1n) is 6.87. The molecular weight excluding hydrogens is 292 g/mol. The number of carboxylic acid groups (broad SMARTS) is 1. The molecule has 1 aromatic carbocycles. The van der Waals surface area contributed by atoms with Crippen LogP contribution in [0, 0.1) is 5.92 Å². The number of aliphatic carboxylic acids is 1. The van der Waals surface area contributed by atoms with E-state index in [4.69, 9.17) is 5.14 Å². The Bertz CT molecular complexity index is 627. The van der Waals surface area contributed by atoms with E-state index in [-0.39, 0.29) is 4.90 Å². The molecule has 0 aliphatic heterocycles. The first kappa shape index (κ1) is 15.8. The third-order valence-corrected chi connectivity index (χ3v) is 4.90. The van der Waals surface area contributed by atoms with Crippen LogP contribution in [0.15, 0.2) is 29.2 Å². The molecule has 0 amide bonds. The van der Waals surface area contributed by atoms with Gasteiger partial charge in [-0.25, -0.2) is 18.4 Å². The van der Waals surface area contributed by atoms with E-state index in [9.17, 15) is 18.3 Å². The van der Waals surface area contributed by atoms with Crippen molar-refractivity contribution in [3.63, 3.8) is 0 Å². The van der Waals surface area contributed by atoms with E-state index in [0.29, 0.717) is 24.4 Å². The molecule has 116 valence electrons. The first-order valence-corrected chi connectivity index (χ1v) is 8.42. The second kappa shape index (κ2) is 5.65. The Labute approximate surface area is 124 Å². The van der Waals surface area contributed by atoms with Crippen LogP contribution in [0.4, 0.5) is 5.69 Å². The molecule has 0 aromatic heterocycles. The summed E-state index contributed by atoms with van der Waals surface area (Å²) in [4.78, 5) is 11.7. The first-order chi connectivity index (χ1) is 9.73. The summed E-state index contributed by atoms with van der Waals surface area (Å²) in [6.45, 7) is 2.04. The summed E-state index contributed by atoms with van der Waals surface area (Å²) in [6.07, 6.45) is 3.00. The molecule has 2 rings (SSSR count). The SMILES string of the molecule is CC1CCCC(Nc2ccc(S(N)(=O)=O)cc2)(C(=O)O)C1. The fourth-order valence-electron chi connectivity index (χ4n) is 2.92. The molecule has 0 heterocycles. The lowest BCUT2D eigenvalue weighted by Gasteiger charge is -2.37. The van der Waals surface area contributed by atoms with Gasteiger partial charge >= 0.3 is 5.97 Å². The zero-order valence-corrected chi connectivity index (χ0v) is 12.7. The van der Waals surface area contributed by atoms with Gasteiger partial charge in [-0.05, 0) is 43.0 Å². The number of carbonyl (C=O) groups is 1. The second-order valence-corrected chi connectivity index (χ2v) is 7.34. The molecule has 7 heteroatoms. The molecule has 0 saturated heterocycles. The smallest absolute Gasteiger partial charge is 0.329 e. The van der Waals surface area contributed by atoms with Crippen molar-refractivity contribution in [2.75, 3.05) is 5.32 Å². The Hall–Kier alpha value is -1.60. The number of primary sulfonamides is 1. The lowest BCUT2D eigenvalue weighted by Crippen LogP contribution is -2.49. The van der Waals surface area contributed by atoms with Crippen LogP contribution in [0.25, 0.3) is 0 Å². The predicted octanol–water partition coefficient (Wildman–Crippen LogP) is 1.78. The molecular formula is C14H20N2O4S. The Morgan fingerprint density at radius 2 is 2.00 bits per heavy atom. The van der Waals surface area contributed by atoms with Gasteiger partial charge in [-0.1, -0.05) is 19.8 Å². The minimum Gasteiger partial charge on any atom is -0.480 e. The Kier molecular flexibility index (Phi) is 4.25. The summed E-state index contributed by atoms with van der Waals surface area (Å²) in [5, 5.41) is 17.7. The van der Waals surface area contributed by atoms with Gasteiger partial charge in [0, 0.05) is 5.69 Å². The number of hydrogen-bond acceptors (Lipinski definition) is 4. The van der Waals surface area contributed by atoms with Gasteiger partial charge < -0.3 is 10.4 Å². The van der Waals surface area contributed by atoms with E-state index in [2.05, 4.69) is 5.32 Å². The van der Waals surface area contributed by atoms with Crippen LogP contribution in [0.5, 0.6) is 0 Å². The van der Waals surface area contributed by atoms with E-state index in [1.54, 1.807) is 12.1 Å². The van der Waals surface area contributed by atoms with Crippen LogP contribution >= 0.6 is 0 Å². The maximum absolute atomic E-state index is 11.7. The Morgan fingerprint density at radius 3 is 2.48 bits per heavy atom. The summed E-state index contributed by atoms with van der Waals surface area (Å²) in [5.41, 5.74) is -0.403. The van der Waals surface area contributed by atoms with Crippen molar-refractivity contribution in [2.45, 2.75) is 43.0 Å². The summed E-state index contributed by atoms with van der Waals surface area (Å²) >= 11 is 0. The average Bonchev–Trinajstić information content (AvgIpc) is 2.38. The van der Waals surface area contributed by atoms with E-state index >= 15 is 0 Å². The van der Waals surface area contributed by atoms with Crippen molar-refractivity contribution >= 4 is 21.7 Å². The maximum atomic E-state index is 11.7. The zero-order valence-electron chi connectivity index (χ0n) is 11.9. The number of carboxylic acids is 1. The van der Waals surface area contributed by atoms with Crippen LogP contribution in [0.3, 0.4) is 0 Å². The third kappa shape index (κ3) is 3.54. The summed E-state index contributed by atoms with van der Waals surface area (Å²) < 4.78 is 22.4. The normalized spacial score (nSPS) is 26.3. The molecule has 2 atom stereocenters. The van der Waals surface area contributed by atoms with Gasteiger partial charge in [0.05, 0.1) is 4.90 Å². The summed E-state index contributed by atoms with van der Waals surface area (Å²) in [5.74, 6) is -0.532. The van der Waals surface area contributed by atoms with Gasteiger partial charge in [0.2, 0.25) is 10.0 Å². The molecule has 21 heavy (non-hydrogen) atoms. The van der Waals surface area contributed by atoms with Crippen molar-refractivity contribution in [1.82, 2.24) is 0 Å². The summed E-state index contributed by atoms with van der Waals surface area (Å²) in [7, 11) is -3.74. The summed E-state index contributed by atoms with van der Waals surface area (Å²) in [6, 6.07) is 5.84. The fourth-order valence-corrected chi connectivity index (χ4v) is 3.43. The topological polar surface area (TPSA) is 109 Å². The molecule has 1 saturated carbocycles. The molecule has 1 fully saturated rings. The van der Waals surface area contributed by atoms with Crippen LogP contribution in [-0.2, 0) is 14.8 Å². The molecule has 0 spiro atoms. The van der Waals surface area contributed by atoms with Crippen LogP contribution in [-0.4, -0.2) is 25.0 Å². The molecule has 6 nitrogen and oxygen atoms in total. The highest BCUT2D eigenvalue weighted by Gasteiger charge is 2.41.